The van der Waals surface area contributed by atoms with Gasteiger partial charge >= 0.3 is 19.8 Å². The molecule has 55 heavy (non-hydrogen) atoms. The van der Waals surface area contributed by atoms with Crippen LogP contribution in [0.25, 0.3) is 0 Å². The van der Waals surface area contributed by atoms with Crippen LogP contribution in [0.15, 0.2) is 48.6 Å². The maximum absolute atomic E-state index is 12.6. The second-order valence-corrected chi connectivity index (χ2v) is 16.1. The van der Waals surface area contributed by atoms with Crippen LogP contribution in [-0.4, -0.2) is 76.9 Å². The van der Waals surface area contributed by atoms with E-state index < -0.39 is 57.9 Å². The monoisotopic (exact) mass is 801 g/mol. The van der Waals surface area contributed by atoms with E-state index in [1.54, 1.807) is 0 Å². The molecule has 0 fully saturated rings. The molecule has 0 saturated carbocycles. The van der Waals surface area contributed by atoms with Gasteiger partial charge in [-0.2, -0.15) is 0 Å². The number of hydrogen-bond acceptors (Lipinski definition) is 10. The largest absolute Gasteiger partial charge is 0.472 e. The molecule has 0 rings (SSSR count). The Morgan fingerprint density at radius 3 is 1.85 bits per heavy atom. The molecule has 11 nitrogen and oxygen atoms in total. The van der Waals surface area contributed by atoms with E-state index in [9.17, 15) is 29.3 Å². The van der Waals surface area contributed by atoms with E-state index >= 15 is 0 Å². The van der Waals surface area contributed by atoms with E-state index in [4.69, 9.17) is 19.1 Å². The standard InChI is InChI=1S/C43H77O11P/c1-4-5-24-30-39(45)31-26-21-17-13-9-7-11-15-19-23-28-33-43(48)54-41(37-53-55(49,50)52-35-40(46)34-44)36-51-42(47)32-27-22-18-14-10-6-8-12-16-20-25-29-38(2)3/h7,9,15,17,19,21,26,31,38-41,44-46H,4-6,8,10-14,16,18,20,22-25,27-30,32-37H2,1-3H3,(H,49,50)/b9-7-,19-15-,21-17-,31-26+/t39-,40-,41+/m0/s1. The van der Waals surface area contributed by atoms with Gasteiger partial charge in [0.1, 0.15) is 12.7 Å². The van der Waals surface area contributed by atoms with Crippen molar-refractivity contribution in [3.05, 3.63) is 48.6 Å². The number of carbonyl (C=O) groups excluding carboxylic acids is 2. The SMILES string of the molecule is CCCCC[C@H](O)/C=C/C=C\C/C=C\C/C=C\CCCC(=O)O[C@H](COC(=O)CCCCCCCCCCCCCC(C)C)COP(=O)(O)OC[C@@H](O)CO. The summed E-state index contributed by atoms with van der Waals surface area (Å²) in [6.45, 7) is 4.48. The van der Waals surface area contributed by atoms with Crippen molar-refractivity contribution in [1.82, 2.24) is 0 Å². The fourth-order valence-corrected chi connectivity index (χ4v) is 6.25. The van der Waals surface area contributed by atoms with E-state index in [1.165, 1.54) is 51.4 Å². The molecule has 4 N–H and O–H groups in total. The number of ether oxygens (including phenoxy) is 2. The third kappa shape index (κ3) is 38.5. The first-order valence-corrected chi connectivity index (χ1v) is 22.6. The summed E-state index contributed by atoms with van der Waals surface area (Å²) in [7, 11) is -4.64. The zero-order valence-corrected chi connectivity index (χ0v) is 35.3. The molecule has 0 saturated heterocycles. The lowest BCUT2D eigenvalue weighted by atomic mass is 10.0. The van der Waals surface area contributed by atoms with Crippen molar-refractivity contribution in [1.29, 1.82) is 0 Å². The molecular formula is C43H77O11P. The number of carbonyl (C=O) groups is 2. The smallest absolute Gasteiger partial charge is 0.462 e. The van der Waals surface area contributed by atoms with Crippen molar-refractivity contribution in [2.75, 3.05) is 26.4 Å². The molecule has 0 bridgehead atoms. The number of aliphatic hydroxyl groups is 3. The van der Waals surface area contributed by atoms with Gasteiger partial charge in [-0.3, -0.25) is 18.6 Å². The summed E-state index contributed by atoms with van der Waals surface area (Å²) in [6, 6.07) is 0. The lowest BCUT2D eigenvalue weighted by Gasteiger charge is -2.20. The van der Waals surface area contributed by atoms with Crippen LogP contribution in [0, 0.1) is 5.92 Å². The minimum absolute atomic E-state index is 0.0878. The Morgan fingerprint density at radius 1 is 0.655 bits per heavy atom. The third-order valence-corrected chi connectivity index (χ3v) is 9.72. The highest BCUT2D eigenvalue weighted by Gasteiger charge is 2.27. The molecule has 0 spiro atoms. The van der Waals surface area contributed by atoms with Gasteiger partial charge in [-0.1, -0.05) is 159 Å². The number of aliphatic hydroxyl groups excluding tert-OH is 3. The minimum Gasteiger partial charge on any atom is -0.462 e. The van der Waals surface area contributed by atoms with Gasteiger partial charge in [0.15, 0.2) is 6.10 Å². The van der Waals surface area contributed by atoms with Crippen LogP contribution in [0.2, 0.25) is 0 Å². The van der Waals surface area contributed by atoms with E-state index in [1.807, 2.05) is 36.5 Å². The Bertz CT molecular complexity index is 1090. The van der Waals surface area contributed by atoms with Gasteiger partial charge in [-0.05, 0) is 44.4 Å². The van der Waals surface area contributed by atoms with E-state index in [-0.39, 0.29) is 19.4 Å². The normalized spacial score (nSPS) is 15.1. The van der Waals surface area contributed by atoms with Gasteiger partial charge in [-0.15, -0.1) is 0 Å². The summed E-state index contributed by atoms with van der Waals surface area (Å²) in [4.78, 5) is 34.9. The minimum atomic E-state index is -4.64. The summed E-state index contributed by atoms with van der Waals surface area (Å²) in [5, 5.41) is 28.2. The van der Waals surface area contributed by atoms with Gasteiger partial charge in [0.25, 0.3) is 0 Å². The Balaban J connectivity index is 4.46. The van der Waals surface area contributed by atoms with Crippen molar-refractivity contribution in [2.24, 2.45) is 5.92 Å². The molecule has 0 radical (unpaired) electrons. The maximum atomic E-state index is 12.6. The second-order valence-electron chi connectivity index (χ2n) is 14.7. The Hall–Kier alpha value is -2.11. The van der Waals surface area contributed by atoms with Crippen LogP contribution in [0.3, 0.4) is 0 Å². The number of allylic oxidation sites excluding steroid dienone is 7. The van der Waals surface area contributed by atoms with Gasteiger partial charge in [0, 0.05) is 12.8 Å². The highest BCUT2D eigenvalue weighted by atomic mass is 31.2. The zero-order chi connectivity index (χ0) is 40.8. The third-order valence-electron chi connectivity index (χ3n) is 8.77. The Labute approximate surface area is 333 Å². The number of esters is 2. The number of phosphoric acid groups is 1. The predicted octanol–water partition coefficient (Wildman–Crippen LogP) is 9.77. The van der Waals surface area contributed by atoms with Crippen molar-refractivity contribution in [3.63, 3.8) is 0 Å². The molecule has 12 heteroatoms. The molecule has 0 heterocycles. The first-order valence-electron chi connectivity index (χ1n) is 21.1. The Morgan fingerprint density at radius 2 is 1.22 bits per heavy atom. The highest BCUT2D eigenvalue weighted by molar-refractivity contribution is 7.47. The number of phosphoric ester groups is 1. The average Bonchev–Trinajstić information content (AvgIpc) is 3.15. The highest BCUT2D eigenvalue weighted by Crippen LogP contribution is 2.43. The van der Waals surface area contributed by atoms with Crippen LogP contribution in [0.1, 0.15) is 162 Å². The molecule has 0 amide bonds. The molecule has 4 atom stereocenters. The Kier molecular flexibility index (Phi) is 36.0. The van der Waals surface area contributed by atoms with Crippen molar-refractivity contribution < 1.29 is 52.9 Å². The fourth-order valence-electron chi connectivity index (χ4n) is 5.46. The maximum Gasteiger partial charge on any atom is 0.472 e. The van der Waals surface area contributed by atoms with E-state index in [0.717, 1.165) is 63.7 Å². The van der Waals surface area contributed by atoms with Crippen LogP contribution >= 0.6 is 7.82 Å². The molecule has 320 valence electrons. The van der Waals surface area contributed by atoms with Crippen molar-refractivity contribution in [2.45, 2.75) is 180 Å². The number of rotatable bonds is 38. The lowest BCUT2D eigenvalue weighted by Crippen LogP contribution is -2.29. The topological polar surface area (TPSA) is 169 Å². The summed E-state index contributed by atoms with van der Waals surface area (Å²) >= 11 is 0. The average molecular weight is 801 g/mol. The molecule has 0 aliphatic carbocycles. The van der Waals surface area contributed by atoms with Crippen LogP contribution < -0.4 is 0 Å². The van der Waals surface area contributed by atoms with E-state index in [2.05, 4.69) is 37.4 Å². The lowest BCUT2D eigenvalue weighted by molar-refractivity contribution is -0.161. The van der Waals surface area contributed by atoms with Gasteiger partial charge in [0.2, 0.25) is 0 Å². The van der Waals surface area contributed by atoms with Gasteiger partial charge in [-0.25, -0.2) is 4.57 Å². The first-order chi connectivity index (χ1) is 26.5. The van der Waals surface area contributed by atoms with Crippen LogP contribution in [0.4, 0.5) is 0 Å². The number of hydrogen-bond donors (Lipinski definition) is 4. The first kappa shape index (κ1) is 52.9. The fraction of sp³-hybridized carbons (Fsp3) is 0.767. The predicted molar refractivity (Wildman–Crippen MR) is 220 cm³/mol. The summed E-state index contributed by atoms with van der Waals surface area (Å²) in [6.07, 6.45) is 34.2. The van der Waals surface area contributed by atoms with Gasteiger partial charge < -0.3 is 29.7 Å². The molecule has 1 unspecified atom stereocenters. The number of unbranched alkanes of at least 4 members (excludes halogenated alkanes) is 13. The molecule has 0 aliphatic heterocycles. The van der Waals surface area contributed by atoms with Crippen molar-refractivity contribution in [3.8, 4) is 0 Å². The second kappa shape index (κ2) is 37.5. The molecule has 0 aromatic carbocycles. The van der Waals surface area contributed by atoms with E-state index in [0.29, 0.717) is 19.3 Å². The summed E-state index contributed by atoms with van der Waals surface area (Å²) < 4.78 is 32.6. The van der Waals surface area contributed by atoms with Crippen LogP contribution in [-0.2, 0) is 32.7 Å². The van der Waals surface area contributed by atoms with Gasteiger partial charge in [0.05, 0.1) is 25.9 Å². The molecule has 0 aliphatic rings. The molecular weight excluding hydrogens is 723 g/mol. The molecule has 0 aromatic heterocycles. The zero-order valence-electron chi connectivity index (χ0n) is 34.4. The molecule has 0 aromatic rings. The van der Waals surface area contributed by atoms with Crippen molar-refractivity contribution >= 4 is 19.8 Å². The van der Waals surface area contributed by atoms with Crippen LogP contribution in [0.5, 0.6) is 0 Å². The summed E-state index contributed by atoms with van der Waals surface area (Å²) in [5.74, 6) is -0.224. The summed E-state index contributed by atoms with van der Waals surface area (Å²) in [5.41, 5.74) is 0. The quantitative estimate of drug-likeness (QED) is 0.0154.